The molecule has 0 atom stereocenters. The molecule has 166 valence electrons. The monoisotopic (exact) mass is 468 g/mol. The molecule has 5 nitrogen and oxygen atoms in total. The molecule has 0 radical (unpaired) electrons. The second kappa shape index (κ2) is 8.98. The van der Waals surface area contributed by atoms with Crippen molar-refractivity contribution in [1.29, 1.82) is 0 Å². The molecule has 0 aliphatic rings. The van der Waals surface area contributed by atoms with E-state index in [1.165, 1.54) is 21.4 Å². The molecule has 7 heteroatoms. The van der Waals surface area contributed by atoms with Crippen LogP contribution in [0.3, 0.4) is 0 Å². The number of benzene rings is 3. The zero-order valence-corrected chi connectivity index (χ0v) is 19.8. The molecule has 1 aromatic heterocycles. The first kappa shape index (κ1) is 22.4. The van der Waals surface area contributed by atoms with Crippen molar-refractivity contribution in [2.24, 2.45) is 0 Å². The van der Waals surface area contributed by atoms with Crippen molar-refractivity contribution in [3.8, 4) is 0 Å². The third kappa shape index (κ3) is 4.67. The summed E-state index contributed by atoms with van der Waals surface area (Å²) < 4.78 is 32.1. The predicted molar refractivity (Wildman–Crippen MR) is 131 cm³/mol. The first-order valence-corrected chi connectivity index (χ1v) is 12.5. The van der Waals surface area contributed by atoms with Crippen molar-refractivity contribution in [2.45, 2.75) is 27.1 Å². The lowest BCUT2D eigenvalue weighted by Crippen LogP contribution is -2.14. The fourth-order valence-electron chi connectivity index (χ4n) is 3.78. The van der Waals surface area contributed by atoms with Gasteiger partial charge in [-0.25, -0.2) is 12.4 Å². The van der Waals surface area contributed by atoms with Crippen molar-refractivity contribution in [3.63, 3.8) is 0 Å². The van der Waals surface area contributed by atoms with Crippen LogP contribution < -0.4 is 5.32 Å². The Labute approximate surface area is 193 Å². The van der Waals surface area contributed by atoms with Crippen LogP contribution >= 0.6 is 11.6 Å². The molecule has 0 saturated heterocycles. The summed E-state index contributed by atoms with van der Waals surface area (Å²) in [6, 6.07) is 21.1. The number of aromatic nitrogens is 1. The van der Waals surface area contributed by atoms with E-state index in [9.17, 15) is 8.42 Å². The number of hydrogen-bond donors (Lipinski definition) is 1. The van der Waals surface area contributed by atoms with Crippen molar-refractivity contribution in [2.75, 3.05) is 11.6 Å². The van der Waals surface area contributed by atoms with E-state index in [1.807, 2.05) is 36.4 Å². The van der Waals surface area contributed by atoms with Gasteiger partial charge >= 0.3 is 0 Å². The van der Waals surface area contributed by atoms with Gasteiger partial charge in [0.2, 0.25) is 10.0 Å². The van der Waals surface area contributed by atoms with E-state index in [0.717, 1.165) is 22.3 Å². The van der Waals surface area contributed by atoms with Gasteiger partial charge < -0.3 is 10.1 Å². The minimum atomic E-state index is -3.50. The number of rotatable bonds is 7. The maximum absolute atomic E-state index is 12.4. The minimum absolute atomic E-state index is 0.150. The van der Waals surface area contributed by atoms with Gasteiger partial charge in [0.25, 0.3) is 0 Å². The number of halogens is 1. The molecular formula is C25H25ClN2O3S. The van der Waals surface area contributed by atoms with Crippen LogP contribution in [0.5, 0.6) is 0 Å². The molecule has 3 aromatic carbocycles. The van der Waals surface area contributed by atoms with Gasteiger partial charge in [-0.2, -0.15) is 0 Å². The molecular weight excluding hydrogens is 444 g/mol. The summed E-state index contributed by atoms with van der Waals surface area (Å²) in [7, 11) is -3.50. The minimum Gasteiger partial charge on any atom is -0.370 e. The highest BCUT2D eigenvalue weighted by Gasteiger charge is 2.17. The topological polar surface area (TPSA) is 60.3 Å². The highest BCUT2D eigenvalue weighted by Crippen LogP contribution is 2.28. The summed E-state index contributed by atoms with van der Waals surface area (Å²) in [4.78, 5) is 0. The Kier molecular flexibility index (Phi) is 6.29. The Morgan fingerprint density at radius 1 is 0.938 bits per heavy atom. The number of ether oxygens (including phenoxy) is 1. The standard InChI is InChI=1S/C25H25ClN2O3S/c1-17-7-6-10-23(18(17)2)27-24-9-5-4-8-19(24)15-31-16-22-14-20-13-21(26)11-12-25(20)28(22)32(3,29)30/h4-14,27H,15-16H2,1-3H3. The molecule has 0 fully saturated rings. The fraction of sp³-hybridized carbons (Fsp3) is 0.200. The third-order valence-electron chi connectivity index (χ3n) is 5.52. The quantitative estimate of drug-likeness (QED) is 0.352. The van der Waals surface area contributed by atoms with Crippen molar-refractivity contribution in [3.05, 3.63) is 94.1 Å². The van der Waals surface area contributed by atoms with Crippen LogP contribution in [0.4, 0.5) is 11.4 Å². The summed E-state index contributed by atoms with van der Waals surface area (Å²) in [5.41, 5.74) is 6.55. The van der Waals surface area contributed by atoms with Crippen molar-refractivity contribution < 1.29 is 13.2 Å². The van der Waals surface area contributed by atoms with Crippen molar-refractivity contribution >= 4 is 43.9 Å². The Bertz CT molecular complexity index is 1390. The summed E-state index contributed by atoms with van der Waals surface area (Å²) in [5.74, 6) is 0. The number of fused-ring (bicyclic) bond motifs is 1. The van der Waals surface area contributed by atoms with Gasteiger partial charge in [0, 0.05) is 27.3 Å². The molecule has 4 rings (SSSR count). The van der Waals surface area contributed by atoms with E-state index in [0.29, 0.717) is 22.8 Å². The van der Waals surface area contributed by atoms with Crippen LogP contribution in [0.25, 0.3) is 10.9 Å². The van der Waals surface area contributed by atoms with Crippen LogP contribution in [-0.2, 0) is 28.0 Å². The second-order valence-corrected chi connectivity index (χ2v) is 10.2. The van der Waals surface area contributed by atoms with Gasteiger partial charge in [-0.1, -0.05) is 41.9 Å². The van der Waals surface area contributed by atoms with E-state index in [-0.39, 0.29) is 6.61 Å². The van der Waals surface area contributed by atoms with Crippen LogP contribution in [0, 0.1) is 13.8 Å². The maximum atomic E-state index is 12.4. The van der Waals surface area contributed by atoms with Gasteiger partial charge in [-0.15, -0.1) is 0 Å². The van der Waals surface area contributed by atoms with Gasteiger partial charge in [0.1, 0.15) is 0 Å². The molecule has 0 bridgehead atoms. The largest absolute Gasteiger partial charge is 0.370 e. The first-order chi connectivity index (χ1) is 15.2. The van der Waals surface area contributed by atoms with E-state index in [1.54, 1.807) is 18.2 Å². The summed E-state index contributed by atoms with van der Waals surface area (Å²) in [5, 5.41) is 4.82. The second-order valence-electron chi connectivity index (χ2n) is 7.89. The molecule has 0 amide bonds. The SMILES string of the molecule is Cc1cccc(Nc2ccccc2COCc2cc3cc(Cl)ccc3n2S(C)(=O)=O)c1C. The van der Waals surface area contributed by atoms with E-state index < -0.39 is 10.0 Å². The van der Waals surface area contributed by atoms with E-state index in [2.05, 4.69) is 31.3 Å². The average molecular weight is 469 g/mol. The molecule has 1 N–H and O–H groups in total. The van der Waals surface area contributed by atoms with Gasteiger partial charge in [0.15, 0.2) is 0 Å². The number of aryl methyl sites for hydroxylation is 1. The fourth-order valence-corrected chi connectivity index (χ4v) is 5.01. The molecule has 1 heterocycles. The molecule has 0 spiro atoms. The molecule has 0 aliphatic heterocycles. The zero-order chi connectivity index (χ0) is 22.9. The van der Waals surface area contributed by atoms with Crippen LogP contribution in [0.2, 0.25) is 5.02 Å². The summed E-state index contributed by atoms with van der Waals surface area (Å²) >= 11 is 6.09. The highest BCUT2D eigenvalue weighted by molar-refractivity contribution is 7.89. The Hall–Kier alpha value is -2.80. The number of nitrogens with one attached hydrogen (secondary N) is 1. The number of anilines is 2. The van der Waals surface area contributed by atoms with Crippen LogP contribution in [0.1, 0.15) is 22.4 Å². The lowest BCUT2D eigenvalue weighted by Gasteiger charge is -2.15. The normalized spacial score (nSPS) is 11.8. The van der Waals surface area contributed by atoms with E-state index >= 15 is 0 Å². The summed E-state index contributed by atoms with van der Waals surface area (Å²) in [6.07, 6.45) is 1.19. The molecule has 32 heavy (non-hydrogen) atoms. The summed E-state index contributed by atoms with van der Waals surface area (Å²) in [6.45, 7) is 4.66. The Balaban J connectivity index is 1.56. The Morgan fingerprint density at radius 2 is 1.69 bits per heavy atom. The van der Waals surface area contributed by atoms with Crippen LogP contribution in [0.15, 0.2) is 66.7 Å². The van der Waals surface area contributed by atoms with E-state index in [4.69, 9.17) is 16.3 Å². The molecule has 4 aromatic rings. The van der Waals surface area contributed by atoms with Gasteiger partial charge in [-0.3, -0.25) is 0 Å². The third-order valence-corrected chi connectivity index (χ3v) is 6.85. The van der Waals surface area contributed by atoms with Gasteiger partial charge in [-0.05, 0) is 61.4 Å². The average Bonchev–Trinajstić information content (AvgIpc) is 3.10. The molecule has 0 saturated carbocycles. The highest BCUT2D eigenvalue weighted by atomic mass is 35.5. The lowest BCUT2D eigenvalue weighted by molar-refractivity contribution is 0.105. The van der Waals surface area contributed by atoms with Crippen molar-refractivity contribution in [1.82, 2.24) is 3.97 Å². The Morgan fingerprint density at radius 3 is 2.47 bits per heavy atom. The maximum Gasteiger partial charge on any atom is 0.236 e. The zero-order valence-electron chi connectivity index (χ0n) is 18.2. The molecule has 0 unspecified atom stereocenters. The smallest absolute Gasteiger partial charge is 0.236 e. The lowest BCUT2D eigenvalue weighted by atomic mass is 10.1. The number of hydrogen-bond acceptors (Lipinski definition) is 4. The predicted octanol–water partition coefficient (Wildman–Crippen LogP) is 6.18. The molecule has 0 aliphatic carbocycles. The van der Waals surface area contributed by atoms with Gasteiger partial charge in [0.05, 0.1) is 30.7 Å². The first-order valence-electron chi connectivity index (χ1n) is 10.2. The van der Waals surface area contributed by atoms with Crippen LogP contribution in [-0.4, -0.2) is 18.6 Å². The number of para-hydroxylation sites is 1. The number of nitrogens with zero attached hydrogens (tertiary/aromatic N) is 1.